The summed E-state index contributed by atoms with van der Waals surface area (Å²) in [5.74, 6) is 2.39. The smallest absolute Gasteiger partial charge is 0.239 e. The van der Waals surface area contributed by atoms with E-state index in [1.165, 1.54) is 11.8 Å². The molecule has 0 radical (unpaired) electrons. The fourth-order valence-electron chi connectivity index (χ4n) is 2.35. The summed E-state index contributed by atoms with van der Waals surface area (Å²) in [6, 6.07) is 3.53. The largest absolute Gasteiger partial charge is 0.469 e. The molecule has 1 N–H and O–H groups in total. The van der Waals surface area contributed by atoms with Gasteiger partial charge in [-0.1, -0.05) is 23.8 Å². The van der Waals surface area contributed by atoms with E-state index in [9.17, 15) is 4.79 Å². The Balaban J connectivity index is 1.75. The maximum absolute atomic E-state index is 12.5. The van der Waals surface area contributed by atoms with Crippen LogP contribution in [-0.2, 0) is 11.8 Å². The summed E-state index contributed by atoms with van der Waals surface area (Å²) < 4.78 is 12.1. The summed E-state index contributed by atoms with van der Waals surface area (Å²) in [4.78, 5) is 12.5. The minimum atomic E-state index is -0.321. The number of thioether (sulfide) groups is 1. The lowest BCUT2D eigenvalue weighted by atomic mass is 10.2. The highest BCUT2D eigenvalue weighted by atomic mass is 32.2. The van der Waals surface area contributed by atoms with Crippen LogP contribution in [0.1, 0.15) is 24.9 Å². The number of anilines is 1. The van der Waals surface area contributed by atoms with Gasteiger partial charge in [-0.3, -0.25) is 4.79 Å². The van der Waals surface area contributed by atoms with E-state index in [0.717, 1.165) is 11.3 Å². The number of hydrogen-bond acceptors (Lipinski definition) is 7. The van der Waals surface area contributed by atoms with Crippen molar-refractivity contribution in [3.63, 3.8) is 0 Å². The average molecular weight is 361 g/mol. The predicted molar refractivity (Wildman–Crippen MR) is 93.2 cm³/mol. The van der Waals surface area contributed by atoms with Crippen LogP contribution in [0.15, 0.2) is 32.5 Å². The summed E-state index contributed by atoms with van der Waals surface area (Å²) in [5.41, 5.74) is 0.887. The number of hydrogen-bond donors (Lipinski definition) is 1. The molecule has 8 nitrogen and oxygen atoms in total. The van der Waals surface area contributed by atoms with Gasteiger partial charge in [-0.25, -0.2) is 0 Å². The molecule has 0 spiro atoms. The molecule has 0 bridgehead atoms. The standard InChI is InChI=1S/C16H19N5O3S/c1-5-12(15(22)17-13-8-9(2)24-20-13)25-16-19-18-14(21(16)4)11-6-7-23-10(11)3/h6-8,12H,5H2,1-4H3,(H,17,20,22). The predicted octanol–water partition coefficient (Wildman–Crippen LogP) is 3.19. The van der Waals surface area contributed by atoms with Gasteiger partial charge in [-0.2, -0.15) is 0 Å². The summed E-state index contributed by atoms with van der Waals surface area (Å²) in [7, 11) is 1.87. The molecule has 0 fully saturated rings. The Hall–Kier alpha value is -2.55. The average Bonchev–Trinajstić information content (AvgIpc) is 3.27. The zero-order chi connectivity index (χ0) is 18.0. The van der Waals surface area contributed by atoms with Gasteiger partial charge in [0.05, 0.1) is 17.1 Å². The van der Waals surface area contributed by atoms with Gasteiger partial charge in [0.25, 0.3) is 0 Å². The van der Waals surface area contributed by atoms with E-state index in [0.29, 0.717) is 29.0 Å². The fraction of sp³-hybridized carbons (Fsp3) is 0.375. The Bertz CT molecular complexity index is 882. The number of carbonyl (C=O) groups is 1. The molecule has 0 aliphatic carbocycles. The van der Waals surface area contributed by atoms with Crippen molar-refractivity contribution in [2.45, 2.75) is 37.6 Å². The van der Waals surface area contributed by atoms with E-state index in [2.05, 4.69) is 20.7 Å². The van der Waals surface area contributed by atoms with Crippen LogP contribution >= 0.6 is 11.8 Å². The molecule has 25 heavy (non-hydrogen) atoms. The first kappa shape index (κ1) is 17.3. The van der Waals surface area contributed by atoms with Crippen molar-refractivity contribution in [1.82, 2.24) is 19.9 Å². The highest BCUT2D eigenvalue weighted by molar-refractivity contribution is 8.00. The van der Waals surface area contributed by atoms with Gasteiger partial charge in [0.15, 0.2) is 16.8 Å². The molecule has 0 aliphatic rings. The number of rotatable bonds is 6. The number of furan rings is 1. The molecule has 3 aromatic heterocycles. The molecular formula is C16H19N5O3S. The molecule has 3 heterocycles. The maximum Gasteiger partial charge on any atom is 0.239 e. The van der Waals surface area contributed by atoms with Crippen LogP contribution < -0.4 is 5.32 Å². The molecule has 3 aromatic rings. The first-order chi connectivity index (χ1) is 12.0. The lowest BCUT2D eigenvalue weighted by molar-refractivity contribution is -0.115. The molecule has 1 amide bonds. The monoisotopic (exact) mass is 361 g/mol. The van der Waals surface area contributed by atoms with Crippen molar-refractivity contribution in [3.05, 3.63) is 29.9 Å². The number of aromatic nitrogens is 4. The Kier molecular flexibility index (Phi) is 4.93. The van der Waals surface area contributed by atoms with Crippen LogP contribution in [0.2, 0.25) is 0 Å². The van der Waals surface area contributed by atoms with Gasteiger partial charge in [-0.15, -0.1) is 10.2 Å². The van der Waals surface area contributed by atoms with E-state index >= 15 is 0 Å². The zero-order valence-electron chi connectivity index (χ0n) is 14.4. The van der Waals surface area contributed by atoms with E-state index in [1.54, 1.807) is 19.3 Å². The van der Waals surface area contributed by atoms with Crippen molar-refractivity contribution in [2.24, 2.45) is 7.05 Å². The molecular weight excluding hydrogens is 342 g/mol. The lowest BCUT2D eigenvalue weighted by Crippen LogP contribution is -2.25. The maximum atomic E-state index is 12.5. The minimum Gasteiger partial charge on any atom is -0.469 e. The van der Waals surface area contributed by atoms with Gasteiger partial charge < -0.3 is 18.8 Å². The number of nitrogens with zero attached hydrogens (tertiary/aromatic N) is 4. The summed E-state index contributed by atoms with van der Waals surface area (Å²) in [6.45, 7) is 5.59. The van der Waals surface area contributed by atoms with Crippen LogP contribution in [0, 0.1) is 13.8 Å². The molecule has 3 rings (SSSR count). The van der Waals surface area contributed by atoms with Gasteiger partial charge >= 0.3 is 0 Å². The molecule has 132 valence electrons. The number of amides is 1. The Morgan fingerprint density at radius 1 is 1.40 bits per heavy atom. The highest BCUT2D eigenvalue weighted by Crippen LogP contribution is 2.29. The topological polar surface area (TPSA) is 99.0 Å². The van der Waals surface area contributed by atoms with Crippen molar-refractivity contribution >= 4 is 23.5 Å². The molecule has 0 aliphatic heterocycles. The minimum absolute atomic E-state index is 0.148. The van der Waals surface area contributed by atoms with Crippen LogP contribution in [0.25, 0.3) is 11.4 Å². The third-order valence-electron chi connectivity index (χ3n) is 3.72. The van der Waals surface area contributed by atoms with Gasteiger partial charge in [0.1, 0.15) is 11.5 Å². The molecule has 0 aromatic carbocycles. The molecule has 1 unspecified atom stereocenters. The third kappa shape index (κ3) is 3.60. The van der Waals surface area contributed by atoms with Crippen LogP contribution in [0.5, 0.6) is 0 Å². The molecule has 9 heteroatoms. The Morgan fingerprint density at radius 2 is 2.20 bits per heavy atom. The second-order valence-electron chi connectivity index (χ2n) is 5.58. The summed E-state index contributed by atoms with van der Waals surface area (Å²) >= 11 is 1.36. The van der Waals surface area contributed by atoms with Gasteiger partial charge in [-0.05, 0) is 26.3 Å². The molecule has 0 saturated carbocycles. The normalized spacial score (nSPS) is 12.3. The van der Waals surface area contributed by atoms with Crippen molar-refractivity contribution < 1.29 is 13.7 Å². The number of carbonyl (C=O) groups excluding carboxylic acids is 1. The second-order valence-corrected chi connectivity index (χ2v) is 6.75. The van der Waals surface area contributed by atoms with Crippen molar-refractivity contribution in [2.75, 3.05) is 5.32 Å². The van der Waals surface area contributed by atoms with Gasteiger partial charge in [0.2, 0.25) is 5.91 Å². The first-order valence-corrected chi connectivity index (χ1v) is 8.72. The van der Waals surface area contributed by atoms with Crippen molar-refractivity contribution in [1.29, 1.82) is 0 Å². The third-order valence-corrected chi connectivity index (χ3v) is 5.12. The van der Waals surface area contributed by atoms with Crippen LogP contribution in [-0.4, -0.2) is 31.1 Å². The number of aryl methyl sites for hydroxylation is 2. The molecule has 0 saturated heterocycles. The van der Waals surface area contributed by atoms with Crippen LogP contribution in [0.3, 0.4) is 0 Å². The highest BCUT2D eigenvalue weighted by Gasteiger charge is 2.23. The van der Waals surface area contributed by atoms with E-state index in [1.807, 2.05) is 31.5 Å². The Labute approximate surface area is 149 Å². The van der Waals surface area contributed by atoms with E-state index < -0.39 is 0 Å². The lowest BCUT2D eigenvalue weighted by Gasteiger charge is -2.12. The second kappa shape index (κ2) is 7.14. The summed E-state index contributed by atoms with van der Waals surface area (Å²) in [6.07, 6.45) is 2.26. The zero-order valence-corrected chi connectivity index (χ0v) is 15.3. The van der Waals surface area contributed by atoms with E-state index in [-0.39, 0.29) is 11.2 Å². The van der Waals surface area contributed by atoms with Crippen molar-refractivity contribution in [3.8, 4) is 11.4 Å². The Morgan fingerprint density at radius 3 is 2.80 bits per heavy atom. The fourth-order valence-corrected chi connectivity index (χ4v) is 3.27. The first-order valence-electron chi connectivity index (χ1n) is 7.84. The number of nitrogens with one attached hydrogen (secondary N) is 1. The van der Waals surface area contributed by atoms with Crippen LogP contribution in [0.4, 0.5) is 5.82 Å². The quantitative estimate of drug-likeness (QED) is 0.673. The SMILES string of the molecule is CCC(Sc1nnc(-c2ccoc2C)n1C)C(=O)Nc1cc(C)on1. The summed E-state index contributed by atoms with van der Waals surface area (Å²) in [5, 5.41) is 15.3. The molecule has 1 atom stereocenters. The van der Waals surface area contributed by atoms with E-state index in [4.69, 9.17) is 8.94 Å². The van der Waals surface area contributed by atoms with Gasteiger partial charge in [0, 0.05) is 13.1 Å².